The van der Waals surface area contributed by atoms with Gasteiger partial charge >= 0.3 is 0 Å². The van der Waals surface area contributed by atoms with Crippen molar-refractivity contribution in [2.75, 3.05) is 0 Å². The Bertz CT molecular complexity index is 844. The predicted octanol–water partition coefficient (Wildman–Crippen LogP) is 0.858. The van der Waals surface area contributed by atoms with Gasteiger partial charge in [0.15, 0.2) is 11.5 Å². The van der Waals surface area contributed by atoms with E-state index in [4.69, 9.17) is 0 Å². The number of hydrogen-bond donors (Lipinski definition) is 0. The first-order valence-corrected chi connectivity index (χ1v) is 5.38. The highest BCUT2D eigenvalue weighted by atomic mass is 15.5. The lowest BCUT2D eigenvalue weighted by Gasteiger charge is -2.04. The second kappa shape index (κ2) is 3.33. The van der Waals surface area contributed by atoms with Crippen LogP contribution in [0.3, 0.4) is 0 Å². The van der Waals surface area contributed by atoms with Gasteiger partial charge in [-0.05, 0) is 22.6 Å². The van der Waals surface area contributed by atoms with Crippen LogP contribution in [0.15, 0.2) is 43.0 Å². The van der Waals surface area contributed by atoms with Crippen molar-refractivity contribution < 1.29 is 0 Å². The van der Waals surface area contributed by atoms with E-state index in [2.05, 4.69) is 25.5 Å². The minimum atomic E-state index is 0.602. The monoisotopic (exact) mass is 237 g/mol. The van der Waals surface area contributed by atoms with Crippen molar-refractivity contribution in [1.29, 1.82) is 0 Å². The number of tetrazole rings is 1. The van der Waals surface area contributed by atoms with Crippen molar-refractivity contribution in [3.8, 4) is 5.82 Å². The summed E-state index contributed by atoms with van der Waals surface area (Å²) < 4.78 is 3.53. The first kappa shape index (κ1) is 9.23. The van der Waals surface area contributed by atoms with Gasteiger partial charge in [-0.15, -0.1) is 5.10 Å². The molecule has 0 aliphatic heterocycles. The Morgan fingerprint density at radius 2 is 2.00 bits per heavy atom. The number of benzene rings is 1. The third-order valence-electron chi connectivity index (χ3n) is 2.79. The number of aromatic nitrogens is 7. The Kier molecular flexibility index (Phi) is 1.71. The van der Waals surface area contributed by atoms with Crippen LogP contribution in [0.25, 0.3) is 22.5 Å². The van der Waals surface area contributed by atoms with Crippen LogP contribution in [0.2, 0.25) is 0 Å². The molecule has 0 N–H and O–H groups in total. The fraction of sp³-hybridized carbons (Fsp3) is 0. The molecule has 0 aliphatic rings. The Morgan fingerprint density at radius 1 is 1.06 bits per heavy atom. The Morgan fingerprint density at radius 3 is 3.00 bits per heavy atom. The minimum absolute atomic E-state index is 0.602. The van der Waals surface area contributed by atoms with Gasteiger partial charge in [-0.2, -0.15) is 4.52 Å². The number of rotatable bonds is 1. The molecule has 0 aliphatic carbocycles. The Hall–Kier alpha value is -2.83. The molecule has 18 heavy (non-hydrogen) atoms. The van der Waals surface area contributed by atoms with E-state index in [1.807, 2.05) is 28.8 Å². The smallest absolute Gasteiger partial charge is 0.199 e. The summed E-state index contributed by atoms with van der Waals surface area (Å²) in [6.07, 6.45) is 5.06. The largest absolute Gasteiger partial charge is 0.281 e. The molecule has 4 rings (SSSR count). The molecule has 1 aromatic carbocycles. The zero-order valence-electron chi connectivity index (χ0n) is 9.17. The summed E-state index contributed by atoms with van der Waals surface area (Å²) >= 11 is 0. The molecule has 0 radical (unpaired) electrons. The van der Waals surface area contributed by atoms with E-state index in [9.17, 15) is 0 Å². The molecule has 0 unspecified atom stereocenters. The van der Waals surface area contributed by atoms with Gasteiger partial charge in [-0.1, -0.05) is 12.1 Å². The molecule has 3 heterocycles. The van der Waals surface area contributed by atoms with Crippen molar-refractivity contribution in [2.45, 2.75) is 0 Å². The maximum atomic E-state index is 4.34. The first-order valence-electron chi connectivity index (χ1n) is 5.38. The molecule has 0 amide bonds. The van der Waals surface area contributed by atoms with Gasteiger partial charge in [-0.25, -0.2) is 4.98 Å². The zero-order valence-corrected chi connectivity index (χ0v) is 9.17. The van der Waals surface area contributed by atoms with Crippen LogP contribution in [-0.2, 0) is 0 Å². The van der Waals surface area contributed by atoms with Crippen LogP contribution in [0.4, 0.5) is 0 Å². The highest BCUT2D eigenvalue weighted by Crippen LogP contribution is 2.16. The number of hydrogen-bond acceptors (Lipinski definition) is 5. The van der Waals surface area contributed by atoms with E-state index in [1.165, 1.54) is 0 Å². The van der Waals surface area contributed by atoms with Gasteiger partial charge in [0.05, 0.1) is 23.4 Å². The zero-order chi connectivity index (χ0) is 11.9. The second-order valence-electron chi connectivity index (χ2n) is 3.82. The lowest BCUT2D eigenvalue weighted by molar-refractivity contribution is 0.790. The van der Waals surface area contributed by atoms with Gasteiger partial charge in [-0.3, -0.25) is 9.55 Å². The topological polar surface area (TPSA) is 73.8 Å². The van der Waals surface area contributed by atoms with Crippen molar-refractivity contribution in [3.05, 3.63) is 43.0 Å². The SMILES string of the molecule is c1ccc2c(c1)ncn2-c1cncc2nnnn12. The van der Waals surface area contributed by atoms with Gasteiger partial charge in [0, 0.05) is 0 Å². The van der Waals surface area contributed by atoms with E-state index >= 15 is 0 Å². The summed E-state index contributed by atoms with van der Waals surface area (Å²) in [6.45, 7) is 0. The number of fused-ring (bicyclic) bond motifs is 2. The summed E-state index contributed by atoms with van der Waals surface area (Å²) in [5.41, 5.74) is 2.51. The molecule has 0 fully saturated rings. The van der Waals surface area contributed by atoms with Gasteiger partial charge in [0.2, 0.25) is 0 Å². The van der Waals surface area contributed by atoms with E-state index < -0.39 is 0 Å². The highest BCUT2D eigenvalue weighted by Gasteiger charge is 2.09. The van der Waals surface area contributed by atoms with Crippen LogP contribution in [0.1, 0.15) is 0 Å². The summed E-state index contributed by atoms with van der Waals surface area (Å²) in [4.78, 5) is 8.48. The molecule has 0 spiro atoms. The molecule has 0 bridgehead atoms. The Labute approximate surface area is 101 Å². The standard InChI is InChI=1S/C11H7N7/c1-2-4-9-8(3-1)13-7-17(9)11-6-12-5-10-14-15-16-18(10)11/h1-7H. The molecule has 3 aromatic heterocycles. The molecule has 7 nitrogen and oxygen atoms in total. The molecule has 7 heteroatoms. The summed E-state index contributed by atoms with van der Waals surface area (Å²) in [7, 11) is 0. The fourth-order valence-electron chi connectivity index (χ4n) is 1.97. The third-order valence-corrected chi connectivity index (χ3v) is 2.79. The van der Waals surface area contributed by atoms with Crippen LogP contribution in [-0.4, -0.2) is 34.6 Å². The molecule has 0 saturated heterocycles. The lowest BCUT2D eigenvalue weighted by Crippen LogP contribution is -2.03. The first-order chi connectivity index (χ1) is 8.93. The average Bonchev–Trinajstić information content (AvgIpc) is 3.05. The van der Waals surface area contributed by atoms with Crippen LogP contribution >= 0.6 is 0 Å². The maximum Gasteiger partial charge on any atom is 0.199 e. The summed E-state index contributed by atoms with van der Waals surface area (Å²) in [6, 6.07) is 7.87. The van der Waals surface area contributed by atoms with Gasteiger partial charge < -0.3 is 0 Å². The second-order valence-corrected chi connectivity index (χ2v) is 3.82. The average molecular weight is 237 g/mol. The third kappa shape index (κ3) is 1.15. The molecule has 0 saturated carbocycles. The van der Waals surface area contributed by atoms with E-state index in [-0.39, 0.29) is 0 Å². The molecule has 4 aromatic rings. The highest BCUT2D eigenvalue weighted by molar-refractivity contribution is 5.76. The van der Waals surface area contributed by atoms with Crippen molar-refractivity contribution in [1.82, 2.24) is 34.6 Å². The van der Waals surface area contributed by atoms with Gasteiger partial charge in [0.25, 0.3) is 0 Å². The lowest BCUT2D eigenvalue weighted by atomic mass is 10.3. The van der Waals surface area contributed by atoms with Crippen molar-refractivity contribution in [2.24, 2.45) is 0 Å². The number of nitrogens with zero attached hydrogens (tertiary/aromatic N) is 7. The molecule has 86 valence electrons. The van der Waals surface area contributed by atoms with Crippen LogP contribution in [0.5, 0.6) is 0 Å². The van der Waals surface area contributed by atoms with E-state index in [0.717, 1.165) is 16.9 Å². The minimum Gasteiger partial charge on any atom is -0.281 e. The predicted molar refractivity (Wildman–Crippen MR) is 63.2 cm³/mol. The molecular formula is C11H7N7. The van der Waals surface area contributed by atoms with Crippen LogP contribution in [0, 0.1) is 0 Å². The van der Waals surface area contributed by atoms with E-state index in [1.54, 1.807) is 23.2 Å². The quantitative estimate of drug-likeness (QED) is 0.491. The van der Waals surface area contributed by atoms with Crippen molar-refractivity contribution in [3.63, 3.8) is 0 Å². The van der Waals surface area contributed by atoms with Gasteiger partial charge in [0.1, 0.15) is 6.33 Å². The fourth-order valence-corrected chi connectivity index (χ4v) is 1.97. The maximum absolute atomic E-state index is 4.34. The summed E-state index contributed by atoms with van der Waals surface area (Å²) in [5, 5.41) is 11.5. The Balaban J connectivity index is 2.10. The van der Waals surface area contributed by atoms with Crippen molar-refractivity contribution >= 4 is 16.7 Å². The molecule has 0 atom stereocenters. The summed E-state index contributed by atoms with van der Waals surface area (Å²) in [5.74, 6) is 0.756. The number of imidazole rings is 1. The molecular weight excluding hydrogens is 230 g/mol. The normalized spacial score (nSPS) is 11.3. The van der Waals surface area contributed by atoms with Crippen LogP contribution < -0.4 is 0 Å². The number of para-hydroxylation sites is 2. The van der Waals surface area contributed by atoms with E-state index in [0.29, 0.717) is 5.65 Å².